The number of H-pyrrole nitrogens is 1. The van der Waals surface area contributed by atoms with E-state index in [2.05, 4.69) is 81.2 Å². The second-order valence-electron chi connectivity index (χ2n) is 9.95. The zero-order valence-corrected chi connectivity index (χ0v) is 20.9. The predicted octanol–water partition coefficient (Wildman–Crippen LogP) is 5.40. The molecule has 0 aliphatic heterocycles. The van der Waals surface area contributed by atoms with E-state index in [0.29, 0.717) is 19.1 Å². The molecule has 1 N–H and O–H groups in total. The molecule has 7 nitrogen and oxygen atoms in total. The van der Waals surface area contributed by atoms with Gasteiger partial charge in [-0.3, -0.25) is 9.69 Å². The lowest BCUT2D eigenvalue weighted by atomic mass is 10.1. The number of benzene rings is 2. The maximum atomic E-state index is 13.1. The van der Waals surface area contributed by atoms with E-state index in [0.717, 1.165) is 41.6 Å². The summed E-state index contributed by atoms with van der Waals surface area (Å²) >= 11 is 0. The summed E-state index contributed by atoms with van der Waals surface area (Å²) in [6.45, 7) is 7.58. The van der Waals surface area contributed by atoms with Crippen molar-refractivity contribution in [3.8, 4) is 0 Å². The van der Waals surface area contributed by atoms with Gasteiger partial charge >= 0.3 is 0 Å². The molecular weight excluding hydrogens is 436 g/mol. The van der Waals surface area contributed by atoms with Crippen molar-refractivity contribution in [1.82, 2.24) is 30.1 Å². The van der Waals surface area contributed by atoms with E-state index in [-0.39, 0.29) is 11.6 Å². The van der Waals surface area contributed by atoms with Crippen molar-refractivity contribution in [1.29, 1.82) is 0 Å². The van der Waals surface area contributed by atoms with Crippen LogP contribution in [0.25, 0.3) is 10.9 Å². The van der Waals surface area contributed by atoms with Gasteiger partial charge in [0.1, 0.15) is 0 Å². The molecule has 0 spiro atoms. The van der Waals surface area contributed by atoms with Crippen molar-refractivity contribution < 1.29 is 0 Å². The zero-order valence-electron chi connectivity index (χ0n) is 20.9. The Bertz CT molecular complexity index is 1350. The van der Waals surface area contributed by atoms with Crippen molar-refractivity contribution in [2.45, 2.75) is 78.0 Å². The summed E-state index contributed by atoms with van der Waals surface area (Å²) in [5.41, 5.74) is 5.20. The number of nitrogens with one attached hydrogen (secondary N) is 1. The number of aryl methyl sites for hydroxylation is 2. The number of aromatic amines is 1. The Morgan fingerprint density at radius 2 is 1.77 bits per heavy atom. The second kappa shape index (κ2) is 10.1. The third-order valence-corrected chi connectivity index (χ3v) is 7.27. The van der Waals surface area contributed by atoms with Gasteiger partial charge in [-0.1, -0.05) is 61.2 Å². The van der Waals surface area contributed by atoms with Gasteiger partial charge in [-0.15, -0.1) is 5.10 Å². The summed E-state index contributed by atoms with van der Waals surface area (Å²) in [5, 5.41) is 14.0. The third-order valence-electron chi connectivity index (χ3n) is 7.27. The molecule has 4 aromatic rings. The first-order valence-corrected chi connectivity index (χ1v) is 12.7. The van der Waals surface area contributed by atoms with Crippen molar-refractivity contribution in [2.24, 2.45) is 0 Å². The lowest BCUT2D eigenvalue weighted by Gasteiger charge is -2.31. The molecule has 0 bridgehead atoms. The van der Waals surface area contributed by atoms with E-state index in [1.165, 1.54) is 29.5 Å². The SMILES string of the molecule is CC[C@H](c1nnnn1C1CCCC1)N(Cc1ccc(C)cc1)Cc1cc2cc(C)ccc2[nH]c1=O. The molecular formula is C28H34N6O. The number of aromatic nitrogens is 5. The monoisotopic (exact) mass is 470 g/mol. The molecule has 1 saturated carbocycles. The fourth-order valence-electron chi connectivity index (χ4n) is 5.34. The molecule has 7 heteroatoms. The van der Waals surface area contributed by atoms with E-state index in [1.54, 1.807) is 0 Å². The first-order valence-electron chi connectivity index (χ1n) is 12.7. The van der Waals surface area contributed by atoms with Crippen LogP contribution in [-0.2, 0) is 13.1 Å². The number of nitrogens with zero attached hydrogens (tertiary/aromatic N) is 5. The van der Waals surface area contributed by atoms with Crippen molar-refractivity contribution in [3.05, 3.63) is 87.0 Å². The summed E-state index contributed by atoms with van der Waals surface area (Å²) in [7, 11) is 0. The lowest BCUT2D eigenvalue weighted by molar-refractivity contribution is 0.158. The van der Waals surface area contributed by atoms with Gasteiger partial charge in [-0.25, -0.2) is 4.68 Å². The minimum Gasteiger partial charge on any atom is -0.322 e. The van der Waals surface area contributed by atoms with Crippen LogP contribution in [0, 0.1) is 13.8 Å². The Kier molecular flexibility index (Phi) is 6.77. The Morgan fingerprint density at radius 1 is 1.03 bits per heavy atom. The predicted molar refractivity (Wildman–Crippen MR) is 138 cm³/mol. The first kappa shape index (κ1) is 23.4. The summed E-state index contributed by atoms with van der Waals surface area (Å²) in [5.74, 6) is 0.902. The Hall–Kier alpha value is -3.32. The van der Waals surface area contributed by atoms with Crippen molar-refractivity contribution >= 4 is 10.9 Å². The topological polar surface area (TPSA) is 79.7 Å². The molecule has 2 heterocycles. The second-order valence-corrected chi connectivity index (χ2v) is 9.95. The van der Waals surface area contributed by atoms with E-state index < -0.39 is 0 Å². The van der Waals surface area contributed by atoms with Crippen LogP contribution >= 0.6 is 0 Å². The number of fused-ring (bicyclic) bond motifs is 1. The first-order chi connectivity index (χ1) is 17.0. The summed E-state index contributed by atoms with van der Waals surface area (Å²) in [6.07, 6.45) is 5.54. The largest absolute Gasteiger partial charge is 0.322 e. The van der Waals surface area contributed by atoms with Crippen LogP contribution < -0.4 is 5.56 Å². The molecule has 0 amide bonds. The van der Waals surface area contributed by atoms with Crippen LogP contribution in [0.4, 0.5) is 0 Å². The van der Waals surface area contributed by atoms with E-state index in [1.807, 2.05) is 18.2 Å². The van der Waals surface area contributed by atoms with Gasteiger partial charge in [0.05, 0.1) is 12.1 Å². The van der Waals surface area contributed by atoms with Gasteiger partial charge in [0.2, 0.25) is 0 Å². The molecule has 182 valence electrons. The highest BCUT2D eigenvalue weighted by Crippen LogP contribution is 2.33. The molecule has 5 rings (SSSR count). The molecule has 0 unspecified atom stereocenters. The van der Waals surface area contributed by atoms with Gasteiger partial charge in [-0.2, -0.15) is 0 Å². The van der Waals surface area contributed by atoms with Gasteiger partial charge in [0.25, 0.3) is 5.56 Å². The minimum absolute atomic E-state index is 0.000454. The van der Waals surface area contributed by atoms with Gasteiger partial charge in [0.15, 0.2) is 5.82 Å². The molecule has 1 fully saturated rings. The van der Waals surface area contributed by atoms with E-state index in [4.69, 9.17) is 0 Å². The Morgan fingerprint density at radius 3 is 2.51 bits per heavy atom. The zero-order chi connectivity index (χ0) is 24.4. The fraction of sp³-hybridized carbons (Fsp3) is 0.429. The Balaban J connectivity index is 1.53. The fourth-order valence-corrected chi connectivity index (χ4v) is 5.34. The van der Waals surface area contributed by atoms with Crippen LogP contribution in [-0.4, -0.2) is 30.1 Å². The van der Waals surface area contributed by atoms with Crippen LogP contribution in [0.3, 0.4) is 0 Å². The van der Waals surface area contributed by atoms with Crippen molar-refractivity contribution in [3.63, 3.8) is 0 Å². The minimum atomic E-state index is -0.0412. The highest BCUT2D eigenvalue weighted by Gasteiger charge is 2.29. The van der Waals surface area contributed by atoms with Gasteiger partial charge in [-0.05, 0) is 72.7 Å². The molecule has 0 radical (unpaired) electrons. The summed E-state index contributed by atoms with van der Waals surface area (Å²) in [4.78, 5) is 18.5. The molecule has 2 aromatic heterocycles. The standard InChI is InChI=1S/C28H34N6O/c1-4-26(27-30-31-32-34(27)24-7-5-6-8-24)33(17-21-12-9-19(2)10-13-21)18-23-16-22-15-20(3)11-14-25(22)29-28(23)35/h9-16,24,26H,4-8,17-18H2,1-3H3,(H,29,35)/t26-/m1/s1. The van der Waals surface area contributed by atoms with Gasteiger partial charge < -0.3 is 4.98 Å². The lowest BCUT2D eigenvalue weighted by Crippen LogP contribution is -2.32. The van der Waals surface area contributed by atoms with Crippen LogP contribution in [0.5, 0.6) is 0 Å². The molecule has 1 aliphatic rings. The van der Waals surface area contributed by atoms with Crippen molar-refractivity contribution in [2.75, 3.05) is 0 Å². The molecule has 2 aromatic carbocycles. The van der Waals surface area contributed by atoms with E-state index in [9.17, 15) is 4.79 Å². The summed E-state index contributed by atoms with van der Waals surface area (Å²) < 4.78 is 2.05. The van der Waals surface area contributed by atoms with Crippen LogP contribution in [0.1, 0.15) is 79.2 Å². The van der Waals surface area contributed by atoms with Gasteiger partial charge in [0, 0.05) is 24.2 Å². The highest BCUT2D eigenvalue weighted by atomic mass is 16.1. The number of hydrogen-bond donors (Lipinski definition) is 1. The smallest absolute Gasteiger partial charge is 0.252 e. The average Bonchev–Trinajstić information content (AvgIpc) is 3.54. The molecule has 0 saturated heterocycles. The molecule has 1 aliphatic carbocycles. The quantitative estimate of drug-likeness (QED) is 0.373. The number of pyridine rings is 1. The number of rotatable bonds is 8. The van der Waals surface area contributed by atoms with Crippen LogP contribution in [0.2, 0.25) is 0 Å². The average molecular weight is 471 g/mol. The normalized spacial score (nSPS) is 15.3. The number of tetrazole rings is 1. The number of hydrogen-bond acceptors (Lipinski definition) is 5. The van der Waals surface area contributed by atoms with Crippen LogP contribution in [0.15, 0.2) is 53.3 Å². The molecule has 1 atom stereocenters. The Labute approximate surface area is 206 Å². The molecule has 35 heavy (non-hydrogen) atoms. The maximum Gasteiger partial charge on any atom is 0.252 e. The third kappa shape index (κ3) is 5.05. The summed E-state index contributed by atoms with van der Waals surface area (Å²) in [6, 6.07) is 17.1. The maximum absolute atomic E-state index is 13.1. The van der Waals surface area contributed by atoms with E-state index >= 15 is 0 Å². The highest BCUT2D eigenvalue weighted by molar-refractivity contribution is 5.79.